The lowest BCUT2D eigenvalue weighted by atomic mass is 10.3. The van der Waals surface area contributed by atoms with E-state index in [0.29, 0.717) is 13.0 Å². The zero-order valence-corrected chi connectivity index (χ0v) is 7.08. The van der Waals surface area contributed by atoms with Crippen molar-refractivity contribution in [3.63, 3.8) is 0 Å². The molecule has 0 aromatic rings. The molecule has 0 amide bonds. The van der Waals surface area contributed by atoms with Crippen LogP contribution < -0.4 is 5.43 Å². The third-order valence-corrected chi connectivity index (χ3v) is 1.20. The van der Waals surface area contributed by atoms with E-state index in [2.05, 4.69) is 10.5 Å². The molecule has 6 nitrogen and oxygen atoms in total. The van der Waals surface area contributed by atoms with Crippen LogP contribution in [0.4, 0.5) is 0 Å². The smallest absolute Gasteiger partial charge is 0.303 e. The summed E-state index contributed by atoms with van der Waals surface area (Å²) in [6.07, 6.45) is 0.496. The number of carboxylic acids is 1. The Kier molecular flexibility index (Phi) is 6.21. The fourth-order valence-corrected chi connectivity index (χ4v) is 0.630. The summed E-state index contributed by atoms with van der Waals surface area (Å²) in [6.45, 7) is 0.375. The van der Waals surface area contributed by atoms with Crippen LogP contribution in [0.2, 0.25) is 0 Å². The zero-order chi connectivity index (χ0) is 9.40. The van der Waals surface area contributed by atoms with Gasteiger partial charge in [-0.05, 0) is 6.42 Å². The molecule has 0 aromatic carbocycles. The molecule has 0 fully saturated rings. The minimum atomic E-state index is -2.05. The molecular formula is C5H10N2O4S. The van der Waals surface area contributed by atoms with Gasteiger partial charge >= 0.3 is 5.97 Å². The first-order valence-electron chi connectivity index (χ1n) is 3.20. The second kappa shape index (κ2) is 6.74. The molecule has 1 atom stereocenters. The van der Waals surface area contributed by atoms with Gasteiger partial charge in [0.15, 0.2) is 11.1 Å². The number of carboxylic acid groups (broad SMARTS) is 1. The second-order valence-electron chi connectivity index (χ2n) is 1.92. The van der Waals surface area contributed by atoms with Gasteiger partial charge in [0.2, 0.25) is 0 Å². The highest BCUT2D eigenvalue weighted by molar-refractivity contribution is 7.93. The lowest BCUT2D eigenvalue weighted by molar-refractivity contribution is -0.137. The van der Waals surface area contributed by atoms with Crippen molar-refractivity contribution in [2.75, 3.05) is 6.54 Å². The summed E-state index contributed by atoms with van der Waals surface area (Å²) in [4.78, 5) is 9.99. The van der Waals surface area contributed by atoms with Crippen molar-refractivity contribution in [2.45, 2.75) is 12.8 Å². The van der Waals surface area contributed by atoms with Crippen LogP contribution in [-0.2, 0) is 15.9 Å². The number of hydrazone groups is 1. The maximum absolute atomic E-state index is 9.99. The summed E-state index contributed by atoms with van der Waals surface area (Å²) < 4.78 is 18.2. The average Bonchev–Trinajstić information content (AvgIpc) is 1.95. The Hall–Kier alpha value is -0.950. The van der Waals surface area contributed by atoms with E-state index >= 15 is 0 Å². The molecule has 0 aliphatic heterocycles. The molecule has 70 valence electrons. The normalized spacial score (nSPS) is 13.1. The molecule has 0 heterocycles. The fraction of sp³-hybridized carbons (Fsp3) is 0.600. The summed E-state index contributed by atoms with van der Waals surface area (Å²) in [5.74, 6) is -0.869. The number of hydrogen-bond donors (Lipinski definition) is 3. The predicted molar refractivity (Wildman–Crippen MR) is 44.1 cm³/mol. The Balaban J connectivity index is 3.21. The van der Waals surface area contributed by atoms with Gasteiger partial charge in [0.25, 0.3) is 0 Å². The highest BCUT2D eigenvalue weighted by Crippen LogP contribution is 1.85. The molecule has 0 rings (SSSR count). The number of nitrogens with zero attached hydrogens (tertiary/aromatic N) is 1. The summed E-state index contributed by atoms with van der Waals surface area (Å²) in [7, 11) is 0. The molecule has 0 radical (unpaired) electrons. The van der Waals surface area contributed by atoms with Gasteiger partial charge in [0.1, 0.15) is 5.55 Å². The lowest BCUT2D eigenvalue weighted by Gasteiger charge is -1.95. The van der Waals surface area contributed by atoms with E-state index in [1.54, 1.807) is 0 Å². The van der Waals surface area contributed by atoms with Crippen LogP contribution in [0, 0.1) is 0 Å². The van der Waals surface area contributed by atoms with Gasteiger partial charge in [0.05, 0.1) is 0 Å². The lowest BCUT2D eigenvalue weighted by Crippen LogP contribution is -2.10. The Labute approximate surface area is 71.9 Å². The minimum Gasteiger partial charge on any atom is -0.481 e. The number of aliphatic carboxylic acids is 1. The first-order chi connectivity index (χ1) is 5.63. The van der Waals surface area contributed by atoms with E-state index in [9.17, 15) is 9.00 Å². The largest absolute Gasteiger partial charge is 0.481 e. The van der Waals surface area contributed by atoms with E-state index in [1.807, 2.05) is 0 Å². The van der Waals surface area contributed by atoms with Crippen molar-refractivity contribution < 1.29 is 18.7 Å². The first kappa shape index (κ1) is 11.1. The van der Waals surface area contributed by atoms with Gasteiger partial charge in [-0.25, -0.2) is 4.21 Å². The predicted octanol–water partition coefficient (Wildman–Crippen LogP) is -0.394. The number of carbonyl (C=O) groups is 1. The Bertz CT molecular complexity index is 194. The molecule has 1 unspecified atom stereocenters. The average molecular weight is 194 g/mol. The van der Waals surface area contributed by atoms with E-state index in [4.69, 9.17) is 9.66 Å². The van der Waals surface area contributed by atoms with Crippen LogP contribution in [0.5, 0.6) is 0 Å². The van der Waals surface area contributed by atoms with Crippen molar-refractivity contribution in [1.29, 1.82) is 0 Å². The minimum absolute atomic E-state index is 0.0603. The summed E-state index contributed by atoms with van der Waals surface area (Å²) in [5.41, 5.74) is 3.25. The summed E-state index contributed by atoms with van der Waals surface area (Å²) in [5, 5.41) is 11.6. The maximum Gasteiger partial charge on any atom is 0.303 e. The molecule has 3 N–H and O–H groups in total. The van der Waals surface area contributed by atoms with Crippen LogP contribution in [0.3, 0.4) is 0 Å². The topological polar surface area (TPSA) is 99.0 Å². The molecule has 12 heavy (non-hydrogen) atoms. The Morgan fingerprint density at radius 2 is 2.33 bits per heavy atom. The zero-order valence-electron chi connectivity index (χ0n) is 6.27. The molecule has 0 bridgehead atoms. The van der Waals surface area contributed by atoms with E-state index < -0.39 is 17.0 Å². The monoisotopic (exact) mass is 194 g/mol. The van der Waals surface area contributed by atoms with Crippen LogP contribution in [-0.4, -0.2) is 31.9 Å². The van der Waals surface area contributed by atoms with Gasteiger partial charge < -0.3 is 15.1 Å². The SMILES string of the molecule is O=C(O)CCCN/N=C/S(=O)O. The molecule has 0 saturated heterocycles. The van der Waals surface area contributed by atoms with Crippen molar-refractivity contribution in [1.82, 2.24) is 5.43 Å². The highest BCUT2D eigenvalue weighted by Gasteiger charge is 1.93. The maximum atomic E-state index is 9.99. The molecule has 0 spiro atoms. The third-order valence-electron chi connectivity index (χ3n) is 0.913. The fourth-order valence-electron chi connectivity index (χ4n) is 0.466. The quantitative estimate of drug-likeness (QED) is 0.176. The van der Waals surface area contributed by atoms with Gasteiger partial charge in [-0.2, -0.15) is 5.10 Å². The van der Waals surface area contributed by atoms with Crippen LogP contribution in [0.1, 0.15) is 12.8 Å². The van der Waals surface area contributed by atoms with Crippen LogP contribution in [0.15, 0.2) is 5.10 Å². The summed E-state index contributed by atoms with van der Waals surface area (Å²) in [6, 6.07) is 0. The third kappa shape index (κ3) is 9.05. The number of rotatable bonds is 6. The Morgan fingerprint density at radius 1 is 1.67 bits per heavy atom. The van der Waals surface area contributed by atoms with E-state index in [1.165, 1.54) is 0 Å². The van der Waals surface area contributed by atoms with E-state index in [0.717, 1.165) is 5.55 Å². The van der Waals surface area contributed by atoms with Gasteiger partial charge in [0, 0.05) is 13.0 Å². The van der Waals surface area contributed by atoms with Crippen LogP contribution in [0.25, 0.3) is 0 Å². The van der Waals surface area contributed by atoms with Crippen molar-refractivity contribution in [3.05, 3.63) is 0 Å². The molecular weight excluding hydrogens is 184 g/mol. The van der Waals surface area contributed by atoms with Crippen molar-refractivity contribution in [2.24, 2.45) is 5.10 Å². The van der Waals surface area contributed by atoms with Crippen molar-refractivity contribution in [3.8, 4) is 0 Å². The van der Waals surface area contributed by atoms with Crippen LogP contribution >= 0.6 is 0 Å². The van der Waals surface area contributed by atoms with Gasteiger partial charge in [-0.15, -0.1) is 0 Å². The second-order valence-corrected chi connectivity index (χ2v) is 2.68. The van der Waals surface area contributed by atoms with Gasteiger partial charge in [-0.1, -0.05) is 0 Å². The van der Waals surface area contributed by atoms with E-state index in [-0.39, 0.29) is 6.42 Å². The number of nitrogens with one attached hydrogen (secondary N) is 1. The molecule has 0 aliphatic rings. The summed E-state index contributed by atoms with van der Waals surface area (Å²) >= 11 is -2.05. The van der Waals surface area contributed by atoms with Crippen molar-refractivity contribution >= 4 is 22.6 Å². The molecule has 0 aromatic heterocycles. The Morgan fingerprint density at radius 3 is 2.83 bits per heavy atom. The van der Waals surface area contributed by atoms with Gasteiger partial charge in [-0.3, -0.25) is 4.79 Å². The molecule has 0 saturated carbocycles. The first-order valence-corrected chi connectivity index (χ1v) is 4.37. The molecule has 0 aliphatic carbocycles. The highest BCUT2D eigenvalue weighted by atomic mass is 32.2. The molecule has 7 heteroatoms. The standard InChI is InChI=1S/C5H10N2O4S/c8-5(9)2-1-3-6-7-4-12(10)11/h4,6H,1-3H2,(H,8,9)(H,10,11)/b7-4+. The number of hydrogen-bond acceptors (Lipinski definition) is 4.